The van der Waals surface area contributed by atoms with Gasteiger partial charge < -0.3 is 43.3 Å². The van der Waals surface area contributed by atoms with Crippen molar-refractivity contribution in [2.75, 3.05) is 123 Å². The van der Waals surface area contributed by atoms with Crippen molar-refractivity contribution >= 4 is 177 Å². The maximum Gasteiger partial charge on any atom is 0.229 e. The summed E-state index contributed by atoms with van der Waals surface area (Å²) < 4.78 is 34.6. The lowest BCUT2D eigenvalue weighted by molar-refractivity contribution is 0.0666. The highest BCUT2D eigenvalue weighted by molar-refractivity contribution is 9.09. The summed E-state index contributed by atoms with van der Waals surface area (Å²) in [5.41, 5.74) is 17.1. The Kier molecular flexibility index (Phi) is 28.3. The Morgan fingerprint density at radius 1 is 0.304 bits per heavy atom. The van der Waals surface area contributed by atoms with Crippen LogP contribution in [0.2, 0.25) is 0 Å². The predicted octanol–water partition coefficient (Wildman–Crippen LogP) is 26.9. The van der Waals surface area contributed by atoms with Crippen LogP contribution in [0.3, 0.4) is 0 Å². The van der Waals surface area contributed by atoms with Crippen molar-refractivity contribution in [3.63, 3.8) is 0 Å². The van der Waals surface area contributed by atoms with Crippen molar-refractivity contribution in [1.29, 1.82) is 0 Å². The van der Waals surface area contributed by atoms with E-state index in [0.29, 0.717) is 19.8 Å². The van der Waals surface area contributed by atoms with Crippen LogP contribution in [0.15, 0.2) is 226 Å². The Hall–Kier alpha value is -9.52. The number of rotatable bonds is 25. The smallest absolute Gasteiger partial charge is 0.229 e. The molecule has 21 heteroatoms. The highest BCUT2D eigenvalue weighted by atomic mass is 79.9. The van der Waals surface area contributed by atoms with E-state index < -0.39 is 22.9 Å². The third kappa shape index (κ3) is 16.6. The molecule has 0 saturated heterocycles. The number of aliphatic imine (C=N–C) groups is 4. The normalized spacial score (nSPS) is 20.2. The van der Waals surface area contributed by atoms with Crippen molar-refractivity contribution < 1.29 is 23.7 Å². The fraction of sp³-hybridized carbons (Fsp3) is 0.404. The topological polar surface area (TPSA) is 122 Å². The van der Waals surface area contributed by atoms with Gasteiger partial charge in [0.25, 0.3) is 0 Å². The molecule has 17 nitrogen and oxygen atoms in total. The average Bonchev–Trinajstić information content (AvgIpc) is 1.56. The number of fused-ring (bicyclic) bond motifs is 16. The lowest BCUT2D eigenvalue weighted by atomic mass is 9.77. The number of likely N-dealkylation sites (N-methyl/N-ethyl adjacent to an activating group) is 2. The van der Waals surface area contributed by atoms with Crippen molar-refractivity contribution in [1.82, 2.24) is 19.6 Å². The zero-order valence-corrected chi connectivity index (χ0v) is 88.3. The molecule has 0 fully saturated rings. The highest BCUT2D eigenvalue weighted by Crippen LogP contribution is 2.62. The molecule has 0 amide bonds. The zero-order chi connectivity index (χ0) is 95.3. The molecule has 0 aliphatic carbocycles. The first kappa shape index (κ1) is 97.1. The molecule has 20 rings (SSSR count). The molecule has 4 atom stereocenters. The second kappa shape index (κ2) is 39.4. The van der Waals surface area contributed by atoms with Gasteiger partial charge in [0, 0.05) is 141 Å². The molecule has 0 N–H and O–H groups in total. The van der Waals surface area contributed by atoms with E-state index in [0.717, 1.165) is 174 Å². The van der Waals surface area contributed by atoms with E-state index in [4.69, 9.17) is 43.7 Å². The van der Waals surface area contributed by atoms with Crippen LogP contribution < -0.4 is 38.5 Å². The molecule has 12 aromatic carbocycles. The van der Waals surface area contributed by atoms with Crippen molar-refractivity contribution in [3.05, 3.63) is 262 Å². The van der Waals surface area contributed by atoms with Gasteiger partial charge in [-0.05, 0) is 211 Å². The minimum Gasteiger partial charge on any atom is -0.459 e. The van der Waals surface area contributed by atoms with Gasteiger partial charge in [0.15, 0.2) is 23.0 Å². The fourth-order valence-electron chi connectivity index (χ4n) is 22.1. The summed E-state index contributed by atoms with van der Waals surface area (Å²) in [5.74, 6) is 3.65. The third-order valence-electron chi connectivity index (χ3n) is 30.5. The van der Waals surface area contributed by atoms with Crippen LogP contribution in [0.4, 0.5) is 45.5 Å². The number of hydrogen-bond acceptors (Lipinski definition) is 17. The standard InChI is InChI=1S/C30H36BrN3O2.3C28H32BrN3O/c1-5-33(6-2)20-23-19-22-11-7-8-12-24(22)27-28(23)36-30(21-32-27)29(3,4)25-13-9-10-14-26(25)34(30)16-18-35-17-15-31;2*1-6-32(7-2)17-21-15-20-10-8-9-11-22(20)25-26(21)33-28(18-30-25)27(3,4)23-13-12-19(16-29)14-24(23)31(28)5;1-5-31(6-2)18-21-17-20-11-7-8-12-22(20)25-26(21)33-28(19-30-25)27(3,4)23-13-9-10-14-24(23)32(28)16-15-29/h7-14,19,21H,5-6,15-18,20H2,1-4H3;2*8-15,18H,6-7,16-17H2,1-5H3;7-14,17,19H,5-6,15-16,18H2,1-4H3. The summed E-state index contributed by atoms with van der Waals surface area (Å²) in [6, 6.07) is 73.9. The first-order chi connectivity index (χ1) is 65.1. The molecule has 0 saturated carbocycles. The highest BCUT2D eigenvalue weighted by Gasteiger charge is 2.64. The Bertz CT molecular complexity index is 6340. The fourth-order valence-corrected chi connectivity index (χ4v) is 23.4. The van der Waals surface area contributed by atoms with Gasteiger partial charge in [-0.3, -0.25) is 39.6 Å². The number of hydrogen-bond donors (Lipinski definition) is 0. The van der Waals surface area contributed by atoms with E-state index in [1.54, 1.807) is 0 Å². The van der Waals surface area contributed by atoms with E-state index in [-0.39, 0.29) is 21.7 Å². The summed E-state index contributed by atoms with van der Waals surface area (Å²) in [4.78, 5) is 39.6. The van der Waals surface area contributed by atoms with Crippen LogP contribution in [-0.2, 0) is 63.2 Å². The molecule has 135 heavy (non-hydrogen) atoms. The van der Waals surface area contributed by atoms with E-state index in [9.17, 15) is 0 Å². The molecular formula is C114H132Br4N12O5. The second-order valence-electron chi connectivity index (χ2n) is 38.7. The molecule has 0 bridgehead atoms. The SMILES string of the molecule is CCN(CC)Cc1cc2ccccc2c2c1OC1(C=N2)N(C)c2cc(CBr)ccc2C1(C)C.CCN(CC)Cc1cc2ccccc2c2c1OC1(C=N2)N(C)c2cc(CBr)ccc2C1(C)C.CCN(CC)Cc1cc2ccccc2c2c1OC1(C=N2)N(CCBr)c2ccccc2C1(C)C.CCN(CC)Cc1cc2ccccc2c2c1OC1(C=N2)N(CCOCCBr)c2ccccc2C1(C)C. The van der Waals surface area contributed by atoms with Crippen LogP contribution >= 0.6 is 63.7 Å². The maximum absolute atomic E-state index is 7.26. The molecule has 8 aliphatic rings. The lowest BCUT2D eigenvalue weighted by Crippen LogP contribution is -2.63. The van der Waals surface area contributed by atoms with E-state index in [1.165, 1.54) is 99.9 Å². The van der Waals surface area contributed by atoms with Crippen LogP contribution in [0.5, 0.6) is 23.0 Å². The quantitative estimate of drug-likeness (QED) is 0.0399. The molecule has 0 aromatic heterocycles. The van der Waals surface area contributed by atoms with E-state index in [1.807, 2.05) is 18.6 Å². The van der Waals surface area contributed by atoms with Gasteiger partial charge >= 0.3 is 0 Å². The molecule has 12 aromatic rings. The lowest BCUT2D eigenvalue weighted by Gasteiger charge is -2.47. The molecule has 4 spiro atoms. The Balaban J connectivity index is 0.000000125. The zero-order valence-electron chi connectivity index (χ0n) is 82.0. The van der Waals surface area contributed by atoms with Gasteiger partial charge in [-0.1, -0.05) is 277 Å². The minimum absolute atomic E-state index is 0.273. The first-order valence-corrected chi connectivity index (χ1v) is 53.0. The van der Waals surface area contributed by atoms with Crippen LogP contribution in [0.25, 0.3) is 43.1 Å². The number of nitrogens with zero attached hydrogens (tertiary/aromatic N) is 12. The van der Waals surface area contributed by atoms with Gasteiger partial charge in [-0.25, -0.2) is 0 Å². The summed E-state index contributed by atoms with van der Waals surface area (Å²) >= 11 is 14.4. The molecule has 0 radical (unpaired) electrons. The second-order valence-corrected chi connectivity index (χ2v) is 41.4. The number of benzene rings is 12. The van der Waals surface area contributed by atoms with E-state index >= 15 is 0 Å². The molecule has 4 unspecified atom stereocenters. The first-order valence-electron chi connectivity index (χ1n) is 48.5. The summed E-state index contributed by atoms with van der Waals surface area (Å²) in [6.07, 6.45) is 8.19. The van der Waals surface area contributed by atoms with Gasteiger partial charge in [0.1, 0.15) is 22.7 Å². The Morgan fingerprint density at radius 3 is 0.881 bits per heavy atom. The minimum atomic E-state index is -0.748. The summed E-state index contributed by atoms with van der Waals surface area (Å²) in [5, 5.41) is 12.7. The van der Waals surface area contributed by atoms with Crippen LogP contribution in [0, 0.1) is 0 Å². The Morgan fingerprint density at radius 2 is 0.578 bits per heavy atom. The van der Waals surface area contributed by atoms with E-state index in [2.05, 4.69) is 440 Å². The van der Waals surface area contributed by atoms with Crippen LogP contribution in [0.1, 0.15) is 166 Å². The van der Waals surface area contributed by atoms with Crippen molar-refractivity contribution in [2.24, 2.45) is 20.0 Å². The van der Waals surface area contributed by atoms with Crippen LogP contribution in [-0.4, -0.2) is 171 Å². The molecular weight excluding hydrogens is 1940 g/mol. The van der Waals surface area contributed by atoms with Gasteiger partial charge in [-0.15, -0.1) is 0 Å². The van der Waals surface area contributed by atoms with Crippen molar-refractivity contribution in [2.45, 2.75) is 192 Å². The monoisotopic (exact) mass is 2060 g/mol. The predicted molar refractivity (Wildman–Crippen MR) is 581 cm³/mol. The summed E-state index contributed by atoms with van der Waals surface area (Å²) in [7, 11) is 4.27. The van der Waals surface area contributed by atoms with Crippen molar-refractivity contribution in [3.8, 4) is 23.0 Å². The molecule has 706 valence electrons. The number of anilines is 4. The average molecular weight is 2070 g/mol. The van der Waals surface area contributed by atoms with Gasteiger partial charge in [-0.2, -0.15) is 0 Å². The molecule has 8 aliphatic heterocycles. The number of alkyl halides is 4. The Labute approximate surface area is 833 Å². The number of halogens is 4. The largest absolute Gasteiger partial charge is 0.459 e. The number of ether oxygens (including phenoxy) is 5. The summed E-state index contributed by atoms with van der Waals surface area (Å²) in [6.45, 7) is 50.1. The van der Waals surface area contributed by atoms with Gasteiger partial charge in [0.2, 0.25) is 22.9 Å². The van der Waals surface area contributed by atoms with Gasteiger partial charge in [0.05, 0.1) is 59.7 Å². The third-order valence-corrected chi connectivity index (χ3v) is 32.4. The maximum atomic E-state index is 7.26. The molecule has 8 heterocycles. The number of para-hydroxylation sites is 2.